The zero-order chi connectivity index (χ0) is 104. The van der Waals surface area contributed by atoms with Crippen molar-refractivity contribution in [2.45, 2.75) is 601 Å². The van der Waals surface area contributed by atoms with Crippen molar-refractivity contribution in [3.8, 4) is 0 Å². The van der Waals surface area contributed by atoms with Gasteiger partial charge in [-0.2, -0.15) is 0 Å². The fourth-order valence-electron chi connectivity index (χ4n) is 18.5. The van der Waals surface area contributed by atoms with Crippen molar-refractivity contribution in [1.82, 2.24) is 10.6 Å². The number of aliphatic hydroxyl groups is 7. The lowest BCUT2D eigenvalue weighted by molar-refractivity contribution is -0.297. The second kappa shape index (κ2) is 82.3. The molecule has 0 aromatic heterocycles. The fourth-order valence-corrected chi connectivity index (χ4v) is 19.5. The van der Waals surface area contributed by atoms with Crippen molar-refractivity contribution in [3.63, 3.8) is 0 Å². The number of rotatable bonds is 91. The number of esters is 6. The standard InChI is InChI=1S/C105H194N2O33P2/c1-7-13-19-25-31-37-38-44-50-56-61-68-90(114)132-81(66-59-53-47-41-34-28-22-16-10-4)74-87(111)107-95-102(138-93(117)75-82(67-60-54-48-42-35-29-23-17-11-5)133-91(115)69-62-55-49-43-36-30-24-18-12-6)100(139-141(123,124)125)85(78-130-89(113)71-63-70-88(112)129-76-83-96(118)98(120)99(121)103(122)134-83)136-104(95)131-77-84-97(119)101(137-92(116)73-80(109)65-58-52-46-40-33-27-21-15-9-3)94(105(135-84)140-142(126,127)128)106-86(110)72-79(108)64-57-51-45-39-32-26-20-14-8-2/h79-85,94-105,108-109,118-122H,7-78H2,1-6H3,(H,106,110)(H,107,111)(H2,123,124,125)(H2,126,127,128)/t79-,80-,81-,82-,83-,84-,85-,94-,95-,96-,97-,98+,99-,100-,101-,102-,103?,104-,105-/m1/s1. The summed E-state index contributed by atoms with van der Waals surface area (Å²) in [5.41, 5.74) is 0. The summed E-state index contributed by atoms with van der Waals surface area (Å²) >= 11 is 0. The highest BCUT2D eigenvalue weighted by Gasteiger charge is 2.56. The van der Waals surface area contributed by atoms with Crippen molar-refractivity contribution in [3.05, 3.63) is 0 Å². The van der Waals surface area contributed by atoms with Gasteiger partial charge in [-0.15, -0.1) is 0 Å². The van der Waals surface area contributed by atoms with E-state index in [0.29, 0.717) is 51.4 Å². The van der Waals surface area contributed by atoms with Gasteiger partial charge in [0, 0.05) is 25.7 Å². The molecule has 0 radical (unpaired) electrons. The van der Waals surface area contributed by atoms with Crippen LogP contribution in [0.1, 0.15) is 485 Å². The molecule has 832 valence electrons. The first kappa shape index (κ1) is 132. The Morgan fingerprint density at radius 3 is 0.993 bits per heavy atom. The lowest BCUT2D eigenvalue weighted by Crippen LogP contribution is -2.68. The van der Waals surface area contributed by atoms with Crippen LogP contribution in [0.15, 0.2) is 0 Å². The van der Waals surface area contributed by atoms with Gasteiger partial charge in [0.1, 0.15) is 86.3 Å². The van der Waals surface area contributed by atoms with Gasteiger partial charge < -0.3 is 113 Å². The molecule has 3 heterocycles. The first-order valence-electron chi connectivity index (χ1n) is 55.8. The molecule has 35 nitrogen and oxygen atoms in total. The summed E-state index contributed by atoms with van der Waals surface area (Å²) in [6.07, 6.45) is 18.8. The molecule has 3 aliphatic rings. The Kier molecular flexibility index (Phi) is 76.4. The molecule has 0 saturated carbocycles. The third kappa shape index (κ3) is 64.8. The van der Waals surface area contributed by atoms with E-state index in [0.717, 1.165) is 289 Å². The van der Waals surface area contributed by atoms with Gasteiger partial charge in [-0.3, -0.25) is 47.4 Å². The number of nitrogens with one attached hydrogen (secondary N) is 2. The minimum absolute atomic E-state index is 0.00475. The molecule has 37 heteroatoms. The molecular formula is C105H194N2O33P2. The number of phosphoric ester groups is 2. The maximum Gasteiger partial charge on any atom is 0.472 e. The van der Waals surface area contributed by atoms with Crippen molar-refractivity contribution < 1.29 is 159 Å². The SMILES string of the molecule is CCCCCCCCCCCCCC(=O)O[C@H](CCCCCCCCCCC)CC(=O)N[C@H]1[C@H](OC[C@H]2O[C@H](OP(=O)(O)O)[C@H](NC(=O)C[C@H](O)CCCCCCCCCCC)[C@@H](OC(=O)C[C@H](O)CCCCCCCCCCC)[C@@H]2O)O[C@H](COC(=O)CCCC(=O)OC[C@H]2OC(O)[C@H](O)[C@@H](O)[C@@H]2O)[C@@H](OP(=O)(O)O)[C@@H]1OC(=O)C[C@@H](CCCCCCCCCCC)OC(=O)CCCCCCCCCCC. The van der Waals surface area contributed by atoms with Crippen molar-refractivity contribution in [2.75, 3.05) is 19.8 Å². The number of hydrogen-bond donors (Lipinski definition) is 13. The number of unbranched alkanes of at least 4 members (excludes halogenated alkanes) is 50. The molecule has 19 atom stereocenters. The van der Waals surface area contributed by atoms with Crippen LogP contribution in [0.4, 0.5) is 0 Å². The number of phosphoric acid groups is 2. The van der Waals surface area contributed by atoms with Gasteiger partial charge in [-0.05, 0) is 57.8 Å². The minimum atomic E-state index is -5.93. The Labute approximate surface area is 849 Å². The molecule has 142 heavy (non-hydrogen) atoms. The molecule has 0 aromatic rings. The lowest BCUT2D eigenvalue weighted by Gasteiger charge is -2.47. The maximum atomic E-state index is 15.6. The predicted octanol–water partition coefficient (Wildman–Crippen LogP) is 18.7. The molecule has 1 unspecified atom stereocenters. The fraction of sp³-hybridized carbons (Fsp3) is 0.924. The van der Waals surface area contributed by atoms with Crippen LogP contribution >= 0.6 is 15.6 Å². The average Bonchev–Trinajstić information content (AvgIpc) is 0.771. The molecule has 3 rings (SSSR count). The Bertz CT molecular complexity index is 3340. The zero-order valence-electron chi connectivity index (χ0n) is 87.7. The van der Waals surface area contributed by atoms with Crippen LogP contribution in [0.5, 0.6) is 0 Å². The van der Waals surface area contributed by atoms with Crippen LogP contribution in [-0.4, -0.2) is 239 Å². The maximum absolute atomic E-state index is 15.6. The molecular weight excluding hydrogens is 1880 g/mol. The number of hydrogen-bond acceptors (Lipinski definition) is 29. The van der Waals surface area contributed by atoms with Gasteiger partial charge in [-0.25, -0.2) is 9.13 Å². The highest BCUT2D eigenvalue weighted by molar-refractivity contribution is 7.46. The highest BCUT2D eigenvalue weighted by Crippen LogP contribution is 2.45. The first-order valence-corrected chi connectivity index (χ1v) is 58.8. The van der Waals surface area contributed by atoms with E-state index in [9.17, 15) is 93.2 Å². The summed E-state index contributed by atoms with van der Waals surface area (Å²) in [6, 6.07) is -4.12. The smallest absolute Gasteiger partial charge is 0.463 e. The van der Waals surface area contributed by atoms with E-state index in [1.165, 1.54) is 19.3 Å². The number of aliphatic hydroxyl groups excluding tert-OH is 7. The topological polar surface area (TPSA) is 528 Å². The Morgan fingerprint density at radius 2 is 0.599 bits per heavy atom. The Balaban J connectivity index is 2.37. The van der Waals surface area contributed by atoms with E-state index >= 15 is 9.59 Å². The van der Waals surface area contributed by atoms with Crippen LogP contribution in [0.2, 0.25) is 0 Å². The van der Waals surface area contributed by atoms with Gasteiger partial charge >= 0.3 is 51.5 Å². The summed E-state index contributed by atoms with van der Waals surface area (Å²) in [5.74, 6) is -7.58. The summed E-state index contributed by atoms with van der Waals surface area (Å²) in [6.45, 7) is 9.96. The molecule has 3 aliphatic heterocycles. The predicted molar refractivity (Wildman–Crippen MR) is 538 cm³/mol. The van der Waals surface area contributed by atoms with Crippen LogP contribution in [-0.2, 0) is 104 Å². The average molecular weight is 2070 g/mol. The van der Waals surface area contributed by atoms with Crippen molar-refractivity contribution in [1.29, 1.82) is 0 Å². The summed E-state index contributed by atoms with van der Waals surface area (Å²) in [4.78, 5) is 158. The van der Waals surface area contributed by atoms with E-state index < -0.39 is 238 Å². The normalized spacial score (nSPS) is 22.4. The Hall–Kier alpha value is -4.46. The molecule has 2 amide bonds. The molecule has 0 aliphatic carbocycles. The molecule has 0 aromatic carbocycles. The number of carbonyl (C=O) groups is 8. The summed E-state index contributed by atoms with van der Waals surface area (Å²) < 4.78 is 97.9. The van der Waals surface area contributed by atoms with E-state index in [1.807, 2.05) is 0 Å². The molecule has 13 N–H and O–H groups in total. The minimum Gasteiger partial charge on any atom is -0.463 e. The van der Waals surface area contributed by atoms with E-state index in [1.54, 1.807) is 0 Å². The van der Waals surface area contributed by atoms with Gasteiger partial charge in [-0.1, -0.05) is 375 Å². The number of ether oxygens (including phenoxy) is 10. The van der Waals surface area contributed by atoms with Crippen LogP contribution in [0.25, 0.3) is 0 Å². The highest BCUT2D eigenvalue weighted by atomic mass is 31.2. The van der Waals surface area contributed by atoms with Crippen LogP contribution in [0.3, 0.4) is 0 Å². The molecule has 3 saturated heterocycles. The monoisotopic (exact) mass is 2070 g/mol. The second-order valence-electron chi connectivity index (χ2n) is 40.1. The van der Waals surface area contributed by atoms with Gasteiger partial charge in [0.25, 0.3) is 0 Å². The van der Waals surface area contributed by atoms with Crippen molar-refractivity contribution in [2.24, 2.45) is 0 Å². The third-order valence-corrected chi connectivity index (χ3v) is 27.9. The quantitative estimate of drug-likeness (QED) is 0.0116. The van der Waals surface area contributed by atoms with Crippen LogP contribution < -0.4 is 10.6 Å². The summed E-state index contributed by atoms with van der Waals surface area (Å²) in [5, 5.41) is 81.5. The Morgan fingerprint density at radius 1 is 0.289 bits per heavy atom. The van der Waals surface area contributed by atoms with E-state index in [2.05, 4.69) is 52.2 Å². The molecule has 0 spiro atoms. The lowest BCUT2D eigenvalue weighted by atomic mass is 9.95. The van der Waals surface area contributed by atoms with Gasteiger partial charge in [0.05, 0.1) is 44.5 Å². The molecule has 0 bridgehead atoms. The zero-order valence-corrected chi connectivity index (χ0v) is 89.5. The third-order valence-electron chi connectivity index (χ3n) is 26.9. The first-order chi connectivity index (χ1) is 68.3. The van der Waals surface area contributed by atoms with Crippen LogP contribution in [0, 0.1) is 0 Å². The summed E-state index contributed by atoms with van der Waals surface area (Å²) in [7, 11) is -11.7. The molecule has 3 fully saturated rings. The van der Waals surface area contributed by atoms with Gasteiger partial charge in [0.2, 0.25) is 11.8 Å². The largest absolute Gasteiger partial charge is 0.472 e. The van der Waals surface area contributed by atoms with Gasteiger partial charge in [0.15, 0.2) is 31.1 Å². The van der Waals surface area contributed by atoms with E-state index in [4.69, 9.17) is 56.4 Å². The van der Waals surface area contributed by atoms with E-state index in [-0.39, 0.29) is 44.9 Å². The number of carbonyl (C=O) groups excluding carboxylic acids is 8. The van der Waals surface area contributed by atoms with Crippen molar-refractivity contribution >= 4 is 63.3 Å². The number of amides is 2. The second-order valence-corrected chi connectivity index (χ2v) is 42.5.